The van der Waals surface area contributed by atoms with Gasteiger partial charge in [-0.3, -0.25) is 0 Å². The van der Waals surface area contributed by atoms with Crippen LogP contribution in [0.5, 0.6) is 0 Å². The lowest BCUT2D eigenvalue weighted by molar-refractivity contribution is 0.437. The summed E-state index contributed by atoms with van der Waals surface area (Å²) in [6.45, 7) is 2.09. The quantitative estimate of drug-likeness (QED) is 0.831. The number of aromatic nitrogens is 2. The Balaban J connectivity index is 1.94. The number of benzene rings is 1. The molecular weight excluding hydrogens is 307 g/mol. The van der Waals surface area contributed by atoms with Gasteiger partial charge in [-0.2, -0.15) is 0 Å². The number of fused-ring (bicyclic) bond motifs is 1. The van der Waals surface area contributed by atoms with Gasteiger partial charge >= 0.3 is 0 Å². The van der Waals surface area contributed by atoms with Crippen LogP contribution in [0, 0.1) is 5.82 Å². The van der Waals surface area contributed by atoms with E-state index in [4.69, 9.17) is 0 Å². The first kappa shape index (κ1) is 15.1. The van der Waals surface area contributed by atoms with Crippen molar-refractivity contribution in [3.05, 3.63) is 30.3 Å². The standard InChI is InChI=1S/C14H17FN4O2S/c1-22(20,21)19-7-3-6-18(8-9-19)14-11-4-2-5-12(15)13(11)16-10-17-14/h2,4-5,10H,3,6-9H2,1H3. The van der Waals surface area contributed by atoms with Crippen molar-refractivity contribution in [3.63, 3.8) is 0 Å². The van der Waals surface area contributed by atoms with E-state index >= 15 is 0 Å². The molecule has 1 aliphatic heterocycles. The zero-order valence-electron chi connectivity index (χ0n) is 12.2. The van der Waals surface area contributed by atoms with Crippen LogP contribution in [0.15, 0.2) is 24.5 Å². The highest BCUT2D eigenvalue weighted by atomic mass is 32.2. The summed E-state index contributed by atoms with van der Waals surface area (Å²) in [7, 11) is -3.19. The maximum Gasteiger partial charge on any atom is 0.211 e. The molecule has 0 saturated carbocycles. The third-order valence-corrected chi connectivity index (χ3v) is 5.12. The molecule has 118 valence electrons. The van der Waals surface area contributed by atoms with Gasteiger partial charge in [0.2, 0.25) is 10.0 Å². The molecule has 1 fully saturated rings. The van der Waals surface area contributed by atoms with Gasteiger partial charge in [0.1, 0.15) is 23.5 Å². The highest BCUT2D eigenvalue weighted by molar-refractivity contribution is 7.88. The molecular formula is C14H17FN4O2S. The monoisotopic (exact) mass is 324 g/mol. The van der Waals surface area contributed by atoms with E-state index < -0.39 is 10.0 Å². The van der Waals surface area contributed by atoms with Gasteiger partial charge in [-0.25, -0.2) is 27.1 Å². The van der Waals surface area contributed by atoms with E-state index in [1.54, 1.807) is 12.1 Å². The van der Waals surface area contributed by atoms with E-state index in [9.17, 15) is 12.8 Å². The lowest BCUT2D eigenvalue weighted by Crippen LogP contribution is -2.34. The molecule has 1 aromatic heterocycles. The number of nitrogens with zero attached hydrogens (tertiary/aromatic N) is 4. The summed E-state index contributed by atoms with van der Waals surface area (Å²) >= 11 is 0. The Morgan fingerprint density at radius 2 is 1.95 bits per heavy atom. The minimum Gasteiger partial charge on any atom is -0.355 e. The van der Waals surface area contributed by atoms with Crippen molar-refractivity contribution in [2.45, 2.75) is 6.42 Å². The molecule has 2 heterocycles. The molecule has 22 heavy (non-hydrogen) atoms. The molecule has 0 radical (unpaired) electrons. The SMILES string of the molecule is CS(=O)(=O)N1CCCN(c2ncnc3c(F)cccc23)CC1. The number of halogens is 1. The number of hydrogen-bond donors (Lipinski definition) is 0. The van der Waals surface area contributed by atoms with Crippen LogP contribution in [0.25, 0.3) is 10.9 Å². The van der Waals surface area contributed by atoms with Gasteiger partial charge < -0.3 is 4.90 Å². The Bertz CT molecular complexity index is 797. The van der Waals surface area contributed by atoms with Crippen molar-refractivity contribution >= 4 is 26.7 Å². The first-order valence-corrected chi connectivity index (χ1v) is 8.91. The average Bonchev–Trinajstić information content (AvgIpc) is 2.73. The van der Waals surface area contributed by atoms with Crippen LogP contribution >= 0.6 is 0 Å². The van der Waals surface area contributed by atoms with Gasteiger partial charge in [0.25, 0.3) is 0 Å². The first-order valence-electron chi connectivity index (χ1n) is 7.06. The van der Waals surface area contributed by atoms with E-state index in [0.717, 1.165) is 0 Å². The fraction of sp³-hybridized carbons (Fsp3) is 0.429. The molecule has 2 aromatic rings. The van der Waals surface area contributed by atoms with E-state index in [0.29, 0.717) is 43.8 Å². The summed E-state index contributed by atoms with van der Waals surface area (Å²) in [5, 5.41) is 0.648. The van der Waals surface area contributed by atoms with Crippen molar-refractivity contribution in [1.82, 2.24) is 14.3 Å². The van der Waals surface area contributed by atoms with Crippen LogP contribution in [0.4, 0.5) is 10.2 Å². The summed E-state index contributed by atoms with van der Waals surface area (Å²) in [4.78, 5) is 10.3. The van der Waals surface area contributed by atoms with E-state index in [2.05, 4.69) is 9.97 Å². The van der Waals surface area contributed by atoms with Crippen molar-refractivity contribution in [2.24, 2.45) is 0 Å². The van der Waals surface area contributed by atoms with Crippen molar-refractivity contribution in [2.75, 3.05) is 37.3 Å². The maximum absolute atomic E-state index is 13.8. The summed E-state index contributed by atoms with van der Waals surface area (Å²) in [6.07, 6.45) is 3.27. The minimum atomic E-state index is -3.19. The Kier molecular flexibility index (Phi) is 3.96. The zero-order valence-corrected chi connectivity index (χ0v) is 13.1. The Hall–Kier alpha value is -1.80. The molecule has 6 nitrogen and oxygen atoms in total. The number of hydrogen-bond acceptors (Lipinski definition) is 5. The minimum absolute atomic E-state index is 0.289. The fourth-order valence-electron chi connectivity index (χ4n) is 2.73. The molecule has 8 heteroatoms. The van der Waals surface area contributed by atoms with Gasteiger partial charge in [-0.15, -0.1) is 0 Å². The number of para-hydroxylation sites is 1. The van der Waals surface area contributed by atoms with Gasteiger partial charge in [0.15, 0.2) is 0 Å². The van der Waals surface area contributed by atoms with Gasteiger partial charge in [0.05, 0.1) is 6.26 Å². The Labute approximate surface area is 128 Å². The topological polar surface area (TPSA) is 66.4 Å². The van der Waals surface area contributed by atoms with Crippen LogP contribution in [-0.4, -0.2) is 55.1 Å². The van der Waals surface area contributed by atoms with Crippen molar-refractivity contribution < 1.29 is 12.8 Å². The van der Waals surface area contributed by atoms with Crippen LogP contribution in [0.3, 0.4) is 0 Å². The number of anilines is 1. The van der Waals surface area contributed by atoms with Gasteiger partial charge in [-0.1, -0.05) is 6.07 Å². The molecule has 0 unspecified atom stereocenters. The second-order valence-corrected chi connectivity index (χ2v) is 7.32. The molecule has 1 saturated heterocycles. The molecule has 1 aliphatic rings. The predicted octanol–water partition coefficient (Wildman–Crippen LogP) is 1.24. The smallest absolute Gasteiger partial charge is 0.211 e. The molecule has 0 atom stereocenters. The Morgan fingerprint density at radius 1 is 1.14 bits per heavy atom. The fourth-order valence-corrected chi connectivity index (χ4v) is 3.60. The van der Waals surface area contributed by atoms with Crippen molar-refractivity contribution in [1.29, 1.82) is 0 Å². The normalized spacial score (nSPS) is 17.6. The van der Waals surface area contributed by atoms with Gasteiger partial charge in [0, 0.05) is 31.6 Å². The van der Waals surface area contributed by atoms with Crippen molar-refractivity contribution in [3.8, 4) is 0 Å². The number of rotatable bonds is 2. The number of sulfonamides is 1. The Morgan fingerprint density at radius 3 is 2.73 bits per heavy atom. The molecule has 3 rings (SSSR count). The van der Waals surface area contributed by atoms with E-state index in [1.807, 2.05) is 4.90 Å². The second kappa shape index (κ2) is 5.77. The lowest BCUT2D eigenvalue weighted by Gasteiger charge is -2.23. The summed E-state index contributed by atoms with van der Waals surface area (Å²) in [5.74, 6) is 0.272. The molecule has 0 bridgehead atoms. The zero-order chi connectivity index (χ0) is 15.7. The van der Waals surface area contributed by atoms with Crippen LogP contribution in [-0.2, 0) is 10.0 Å². The molecule has 1 aromatic carbocycles. The summed E-state index contributed by atoms with van der Waals surface area (Å²) < 4.78 is 38.6. The maximum atomic E-state index is 13.8. The second-order valence-electron chi connectivity index (χ2n) is 5.34. The largest absolute Gasteiger partial charge is 0.355 e. The lowest BCUT2D eigenvalue weighted by atomic mass is 10.2. The molecule has 0 aliphatic carbocycles. The van der Waals surface area contributed by atoms with Gasteiger partial charge in [-0.05, 0) is 18.6 Å². The molecule has 0 N–H and O–H groups in total. The highest BCUT2D eigenvalue weighted by Gasteiger charge is 2.23. The third kappa shape index (κ3) is 2.89. The molecule has 0 amide bonds. The van der Waals surface area contributed by atoms with Crippen LogP contribution < -0.4 is 4.90 Å². The highest BCUT2D eigenvalue weighted by Crippen LogP contribution is 2.25. The third-order valence-electron chi connectivity index (χ3n) is 3.82. The summed E-state index contributed by atoms with van der Waals surface area (Å²) in [5.41, 5.74) is 0.289. The molecule has 0 spiro atoms. The summed E-state index contributed by atoms with van der Waals surface area (Å²) in [6, 6.07) is 4.78. The van der Waals surface area contributed by atoms with E-state index in [1.165, 1.54) is 23.0 Å². The first-order chi connectivity index (χ1) is 10.5. The van der Waals surface area contributed by atoms with Crippen LogP contribution in [0.1, 0.15) is 6.42 Å². The van der Waals surface area contributed by atoms with Crippen LogP contribution in [0.2, 0.25) is 0 Å². The predicted molar refractivity (Wildman–Crippen MR) is 82.7 cm³/mol. The average molecular weight is 324 g/mol. The van der Waals surface area contributed by atoms with E-state index in [-0.39, 0.29) is 11.3 Å².